The SMILES string of the molecule is CC1(C)CNCC(c2ccc(O)cc2)O1.CC1(C)COC(c2ccc(O)cc2)CN1.O=C(O)CCN1CC(c2ccc(O)cc2)OCC1=O. The Balaban J connectivity index is 0.000000167. The summed E-state index contributed by atoms with van der Waals surface area (Å²) in [5, 5.41) is 43.0. The molecule has 3 fully saturated rings. The maximum atomic E-state index is 11.6. The molecule has 3 unspecified atom stereocenters. The summed E-state index contributed by atoms with van der Waals surface area (Å²) in [5.41, 5.74) is 3.00. The number of ether oxygens (including phenoxy) is 3. The first kappa shape index (κ1) is 37.6. The second-order valence-corrected chi connectivity index (χ2v) is 13.6. The molecular formula is C37H49N3O9. The van der Waals surface area contributed by atoms with Crippen molar-refractivity contribution in [3.8, 4) is 17.2 Å². The average molecular weight is 680 g/mol. The average Bonchev–Trinajstić information content (AvgIpc) is 3.06. The standard InChI is InChI=1S/C13H15NO5.2C12H17NO2/c15-10-3-1-9(2-4-10)11-7-14(6-5-13(17)18)12(16)8-19-11;1-12(2)8-15-11(7-13-12)9-3-5-10(14)6-4-9;1-12(2)8-13-7-11(15-12)9-3-5-10(14)6-4-9/h1-4,11,15H,5-8H2,(H,17,18);2*3-6,11,13-14H,7-8H2,1-2H3. The zero-order valence-electron chi connectivity index (χ0n) is 28.6. The minimum Gasteiger partial charge on any atom is -0.508 e. The number of amides is 1. The first-order chi connectivity index (χ1) is 23.2. The van der Waals surface area contributed by atoms with Crippen LogP contribution < -0.4 is 10.6 Å². The van der Waals surface area contributed by atoms with Crippen LogP contribution in [0.1, 0.15) is 69.1 Å². The molecule has 0 radical (unpaired) electrons. The molecule has 0 aromatic heterocycles. The molecule has 0 saturated carbocycles. The van der Waals surface area contributed by atoms with E-state index in [-0.39, 0.29) is 60.7 Å². The number of aromatic hydroxyl groups is 3. The summed E-state index contributed by atoms with van der Waals surface area (Å²) in [7, 11) is 0. The van der Waals surface area contributed by atoms with Gasteiger partial charge in [-0.1, -0.05) is 36.4 Å². The molecule has 6 rings (SSSR count). The van der Waals surface area contributed by atoms with Crippen molar-refractivity contribution in [2.24, 2.45) is 0 Å². The highest BCUT2D eigenvalue weighted by Crippen LogP contribution is 2.28. The lowest BCUT2D eigenvalue weighted by Gasteiger charge is -2.36. The van der Waals surface area contributed by atoms with Crippen molar-refractivity contribution in [2.75, 3.05) is 45.9 Å². The van der Waals surface area contributed by atoms with E-state index in [4.69, 9.17) is 19.3 Å². The third-order valence-corrected chi connectivity index (χ3v) is 8.29. The minimum atomic E-state index is -0.930. The maximum absolute atomic E-state index is 11.6. The molecule has 3 aromatic rings. The zero-order chi connectivity index (χ0) is 35.6. The Morgan fingerprint density at radius 3 is 1.76 bits per heavy atom. The largest absolute Gasteiger partial charge is 0.508 e. The van der Waals surface area contributed by atoms with Gasteiger partial charge in [0.05, 0.1) is 37.4 Å². The van der Waals surface area contributed by atoms with Gasteiger partial charge in [0.15, 0.2) is 0 Å². The second-order valence-electron chi connectivity index (χ2n) is 13.6. The molecule has 0 aliphatic carbocycles. The summed E-state index contributed by atoms with van der Waals surface area (Å²) < 4.78 is 17.2. The predicted octanol–water partition coefficient (Wildman–Crippen LogP) is 4.43. The maximum Gasteiger partial charge on any atom is 0.305 e. The molecule has 266 valence electrons. The highest BCUT2D eigenvalue weighted by molar-refractivity contribution is 5.79. The van der Waals surface area contributed by atoms with E-state index in [1.165, 1.54) is 4.90 Å². The number of benzene rings is 3. The fraction of sp³-hybridized carbons (Fsp3) is 0.459. The lowest BCUT2D eigenvalue weighted by atomic mass is 10.0. The molecule has 3 aliphatic heterocycles. The van der Waals surface area contributed by atoms with E-state index >= 15 is 0 Å². The lowest BCUT2D eigenvalue weighted by Crippen LogP contribution is -2.50. The summed E-state index contributed by atoms with van der Waals surface area (Å²) in [4.78, 5) is 23.6. The molecule has 3 aromatic carbocycles. The topological polar surface area (TPSA) is 170 Å². The van der Waals surface area contributed by atoms with E-state index in [0.29, 0.717) is 24.7 Å². The van der Waals surface area contributed by atoms with Gasteiger partial charge in [-0.3, -0.25) is 9.59 Å². The number of phenols is 3. The van der Waals surface area contributed by atoms with Crippen LogP contribution in [0.2, 0.25) is 0 Å². The van der Waals surface area contributed by atoms with Gasteiger partial charge in [-0.2, -0.15) is 0 Å². The molecule has 3 saturated heterocycles. The van der Waals surface area contributed by atoms with Gasteiger partial charge in [0.2, 0.25) is 5.91 Å². The van der Waals surface area contributed by atoms with Crippen LogP contribution in [0.25, 0.3) is 0 Å². The number of carbonyl (C=O) groups is 2. The lowest BCUT2D eigenvalue weighted by molar-refractivity contribution is -0.150. The smallest absolute Gasteiger partial charge is 0.305 e. The number of rotatable bonds is 6. The monoisotopic (exact) mass is 679 g/mol. The van der Waals surface area contributed by atoms with E-state index in [0.717, 1.165) is 36.3 Å². The van der Waals surface area contributed by atoms with Crippen molar-refractivity contribution >= 4 is 11.9 Å². The Morgan fingerprint density at radius 1 is 0.776 bits per heavy atom. The zero-order valence-corrected chi connectivity index (χ0v) is 28.6. The van der Waals surface area contributed by atoms with Crippen molar-refractivity contribution in [3.63, 3.8) is 0 Å². The highest BCUT2D eigenvalue weighted by atomic mass is 16.5. The van der Waals surface area contributed by atoms with Gasteiger partial charge >= 0.3 is 5.97 Å². The number of carboxylic acid groups (broad SMARTS) is 1. The number of nitrogens with one attached hydrogen (secondary N) is 2. The second kappa shape index (κ2) is 17.0. The number of nitrogens with zero attached hydrogens (tertiary/aromatic N) is 1. The van der Waals surface area contributed by atoms with Gasteiger partial charge < -0.3 is 50.2 Å². The predicted molar refractivity (Wildman–Crippen MR) is 183 cm³/mol. The Hall–Kier alpha value is -4.20. The Bertz CT molecular complexity index is 1490. The van der Waals surface area contributed by atoms with Crippen molar-refractivity contribution in [1.82, 2.24) is 15.5 Å². The highest BCUT2D eigenvalue weighted by Gasteiger charge is 2.30. The van der Waals surface area contributed by atoms with Crippen molar-refractivity contribution < 1.29 is 44.2 Å². The van der Waals surface area contributed by atoms with Gasteiger partial charge in [-0.05, 0) is 80.8 Å². The summed E-state index contributed by atoms with van der Waals surface area (Å²) in [6.07, 6.45) is -0.186. The fourth-order valence-corrected chi connectivity index (χ4v) is 5.49. The molecule has 0 spiro atoms. The van der Waals surface area contributed by atoms with Crippen molar-refractivity contribution in [2.45, 2.75) is 63.6 Å². The summed E-state index contributed by atoms with van der Waals surface area (Å²) >= 11 is 0. The van der Waals surface area contributed by atoms with Crippen LogP contribution in [0.5, 0.6) is 17.2 Å². The normalized spacial score (nSPS) is 22.9. The summed E-state index contributed by atoms with van der Waals surface area (Å²) in [6, 6.07) is 21.0. The minimum absolute atomic E-state index is 0.0504. The molecule has 12 nitrogen and oxygen atoms in total. The molecule has 3 aliphatic rings. The van der Waals surface area contributed by atoms with E-state index in [1.807, 2.05) is 24.3 Å². The molecule has 3 heterocycles. The number of carbonyl (C=O) groups excluding carboxylic acids is 1. The quantitative estimate of drug-likeness (QED) is 0.218. The Morgan fingerprint density at radius 2 is 1.29 bits per heavy atom. The van der Waals surface area contributed by atoms with Gasteiger partial charge in [0.25, 0.3) is 0 Å². The van der Waals surface area contributed by atoms with Crippen LogP contribution in [0.4, 0.5) is 0 Å². The number of phenolic OH excluding ortho intramolecular Hbond substituents is 3. The molecule has 3 atom stereocenters. The molecule has 1 amide bonds. The number of carboxylic acids is 1. The third kappa shape index (κ3) is 12.0. The van der Waals surface area contributed by atoms with Crippen LogP contribution in [0, 0.1) is 0 Å². The van der Waals surface area contributed by atoms with Crippen LogP contribution >= 0.6 is 0 Å². The Labute approximate surface area is 287 Å². The number of hydrogen-bond acceptors (Lipinski definition) is 10. The first-order valence-electron chi connectivity index (χ1n) is 16.4. The Kier molecular flexibility index (Phi) is 13.0. The first-order valence-corrected chi connectivity index (χ1v) is 16.4. The molecule has 12 heteroatoms. The van der Waals surface area contributed by atoms with E-state index < -0.39 is 5.97 Å². The van der Waals surface area contributed by atoms with E-state index in [2.05, 4.69) is 38.3 Å². The third-order valence-electron chi connectivity index (χ3n) is 8.29. The molecular weight excluding hydrogens is 630 g/mol. The molecule has 0 bridgehead atoms. The van der Waals surface area contributed by atoms with Crippen LogP contribution in [-0.2, 0) is 23.8 Å². The van der Waals surface area contributed by atoms with Crippen molar-refractivity contribution in [3.05, 3.63) is 89.5 Å². The van der Waals surface area contributed by atoms with Crippen LogP contribution in [0.3, 0.4) is 0 Å². The van der Waals surface area contributed by atoms with Crippen LogP contribution in [0.15, 0.2) is 72.8 Å². The van der Waals surface area contributed by atoms with Crippen molar-refractivity contribution in [1.29, 1.82) is 0 Å². The summed E-state index contributed by atoms with van der Waals surface area (Å²) in [6.45, 7) is 12.1. The van der Waals surface area contributed by atoms with E-state index in [9.17, 15) is 24.9 Å². The molecule has 49 heavy (non-hydrogen) atoms. The van der Waals surface area contributed by atoms with Crippen LogP contribution in [-0.4, -0.2) is 94.3 Å². The van der Waals surface area contributed by atoms with E-state index in [1.54, 1.807) is 48.5 Å². The number of aliphatic carboxylic acids is 1. The summed E-state index contributed by atoms with van der Waals surface area (Å²) in [5.74, 6) is -0.375. The number of morpholine rings is 3. The molecule has 6 N–H and O–H groups in total. The fourth-order valence-electron chi connectivity index (χ4n) is 5.49. The van der Waals surface area contributed by atoms with Gasteiger partial charge in [0.1, 0.15) is 30.0 Å². The van der Waals surface area contributed by atoms with Gasteiger partial charge in [-0.15, -0.1) is 0 Å². The van der Waals surface area contributed by atoms with Gasteiger partial charge in [-0.25, -0.2) is 0 Å². The van der Waals surface area contributed by atoms with Gasteiger partial charge in [0, 0.05) is 31.7 Å². The number of hydrogen-bond donors (Lipinski definition) is 6.